The molecule has 0 radical (unpaired) electrons. The standard InChI is InChI=1S/C25H22ClN5O3S/c26-20-9-5-4-8-19(20)21-14-22(29-34-21)28-23(32)25(33)31-12-10-30(11-13-31)15-18-16-35-24(27-18)17-6-2-1-3-7-17/h1-9,14,16H,10-13,15H2,(H,28,29,32). The molecule has 8 nitrogen and oxygen atoms in total. The van der Waals surface area contributed by atoms with Gasteiger partial charge in [-0.1, -0.05) is 59.2 Å². The molecule has 0 aliphatic carbocycles. The molecule has 2 amide bonds. The van der Waals surface area contributed by atoms with Crippen molar-refractivity contribution in [2.24, 2.45) is 0 Å². The second-order valence-corrected chi connectivity index (χ2v) is 9.35. The monoisotopic (exact) mass is 507 g/mol. The molecule has 1 saturated heterocycles. The molecule has 0 atom stereocenters. The minimum absolute atomic E-state index is 0.162. The number of benzene rings is 2. The van der Waals surface area contributed by atoms with Gasteiger partial charge < -0.3 is 9.42 Å². The molecule has 0 spiro atoms. The first-order valence-electron chi connectivity index (χ1n) is 11.1. The number of aromatic nitrogens is 2. The van der Waals surface area contributed by atoms with Crippen LogP contribution in [0.4, 0.5) is 5.82 Å². The van der Waals surface area contributed by atoms with Crippen LogP contribution in [-0.2, 0) is 16.1 Å². The molecule has 2 aromatic heterocycles. The fourth-order valence-electron chi connectivity index (χ4n) is 3.87. The third-order valence-electron chi connectivity index (χ3n) is 5.70. The van der Waals surface area contributed by atoms with Gasteiger partial charge in [-0.15, -0.1) is 11.3 Å². The van der Waals surface area contributed by atoms with E-state index in [4.69, 9.17) is 21.1 Å². The Hall–Kier alpha value is -3.53. The van der Waals surface area contributed by atoms with Crippen LogP contribution in [0.5, 0.6) is 0 Å². The molecule has 1 aliphatic rings. The zero-order valence-electron chi connectivity index (χ0n) is 18.7. The van der Waals surface area contributed by atoms with E-state index < -0.39 is 11.8 Å². The largest absolute Gasteiger partial charge is 0.354 e. The van der Waals surface area contributed by atoms with Gasteiger partial charge in [0, 0.05) is 55.3 Å². The second-order valence-electron chi connectivity index (χ2n) is 8.09. The predicted octanol–water partition coefficient (Wildman–Crippen LogP) is 4.40. The van der Waals surface area contributed by atoms with Crippen LogP contribution < -0.4 is 5.32 Å². The third-order valence-corrected chi connectivity index (χ3v) is 6.97. The van der Waals surface area contributed by atoms with E-state index in [2.05, 4.69) is 32.9 Å². The van der Waals surface area contributed by atoms with E-state index in [1.54, 1.807) is 34.4 Å². The predicted molar refractivity (Wildman–Crippen MR) is 135 cm³/mol. The Kier molecular flexibility index (Phi) is 6.89. The third kappa shape index (κ3) is 5.43. The van der Waals surface area contributed by atoms with Crippen molar-refractivity contribution < 1.29 is 14.1 Å². The van der Waals surface area contributed by atoms with Crippen molar-refractivity contribution in [3.63, 3.8) is 0 Å². The van der Waals surface area contributed by atoms with E-state index in [-0.39, 0.29) is 5.82 Å². The average Bonchev–Trinajstić information content (AvgIpc) is 3.55. The Morgan fingerprint density at radius 1 is 1.03 bits per heavy atom. The van der Waals surface area contributed by atoms with Crippen molar-refractivity contribution in [1.82, 2.24) is 19.9 Å². The number of hydrogen-bond donors (Lipinski definition) is 1. The van der Waals surface area contributed by atoms with Gasteiger partial charge >= 0.3 is 11.8 Å². The quantitative estimate of drug-likeness (QED) is 0.402. The van der Waals surface area contributed by atoms with Crippen molar-refractivity contribution in [2.75, 3.05) is 31.5 Å². The number of anilines is 1. The zero-order valence-corrected chi connectivity index (χ0v) is 20.3. The van der Waals surface area contributed by atoms with E-state index in [0.29, 0.717) is 49.1 Å². The van der Waals surface area contributed by atoms with Gasteiger partial charge in [0.05, 0.1) is 10.7 Å². The highest BCUT2D eigenvalue weighted by molar-refractivity contribution is 7.13. The van der Waals surface area contributed by atoms with Crippen LogP contribution in [-0.4, -0.2) is 57.9 Å². The molecule has 0 saturated carbocycles. The number of nitrogens with one attached hydrogen (secondary N) is 1. The van der Waals surface area contributed by atoms with Crippen molar-refractivity contribution >= 4 is 40.6 Å². The minimum Gasteiger partial charge on any atom is -0.354 e. The summed E-state index contributed by atoms with van der Waals surface area (Å²) < 4.78 is 5.27. The lowest BCUT2D eigenvalue weighted by Crippen LogP contribution is -2.51. The number of rotatable bonds is 5. The normalized spacial score (nSPS) is 14.1. The Balaban J connectivity index is 1.12. The van der Waals surface area contributed by atoms with Crippen LogP contribution in [0.2, 0.25) is 5.02 Å². The Morgan fingerprint density at radius 2 is 1.77 bits per heavy atom. The lowest BCUT2D eigenvalue weighted by molar-refractivity contribution is -0.144. The summed E-state index contributed by atoms with van der Waals surface area (Å²) in [6, 6.07) is 18.8. The first-order chi connectivity index (χ1) is 17.1. The van der Waals surface area contributed by atoms with Gasteiger partial charge in [-0.2, -0.15) is 0 Å². The number of piperazine rings is 1. The van der Waals surface area contributed by atoms with E-state index in [1.807, 2.05) is 30.3 Å². The molecule has 3 heterocycles. The lowest BCUT2D eigenvalue weighted by Gasteiger charge is -2.33. The number of nitrogens with zero attached hydrogens (tertiary/aromatic N) is 4. The highest BCUT2D eigenvalue weighted by Gasteiger charge is 2.27. The van der Waals surface area contributed by atoms with Crippen LogP contribution in [0, 0.1) is 0 Å². The van der Waals surface area contributed by atoms with Gasteiger partial charge in [-0.3, -0.25) is 19.8 Å². The first kappa shape index (κ1) is 23.2. The molecule has 1 fully saturated rings. The maximum Gasteiger partial charge on any atom is 0.315 e. The van der Waals surface area contributed by atoms with E-state index in [1.165, 1.54) is 0 Å². The van der Waals surface area contributed by atoms with E-state index in [0.717, 1.165) is 16.3 Å². The summed E-state index contributed by atoms with van der Waals surface area (Å²) in [5.74, 6) is -0.768. The van der Waals surface area contributed by atoms with Crippen molar-refractivity contribution in [3.8, 4) is 21.9 Å². The molecule has 0 bridgehead atoms. The molecule has 1 N–H and O–H groups in total. The summed E-state index contributed by atoms with van der Waals surface area (Å²) in [6.07, 6.45) is 0. The molecule has 0 unspecified atom stereocenters. The van der Waals surface area contributed by atoms with Crippen LogP contribution in [0.25, 0.3) is 21.9 Å². The summed E-state index contributed by atoms with van der Waals surface area (Å²) >= 11 is 7.80. The Labute approximate surface area is 211 Å². The Bertz CT molecular complexity index is 1330. The lowest BCUT2D eigenvalue weighted by atomic mass is 10.2. The zero-order chi connectivity index (χ0) is 24.2. The molecule has 35 heavy (non-hydrogen) atoms. The van der Waals surface area contributed by atoms with Crippen LogP contribution in [0.1, 0.15) is 5.69 Å². The fraction of sp³-hybridized carbons (Fsp3) is 0.200. The summed E-state index contributed by atoms with van der Waals surface area (Å²) in [5, 5.41) is 9.92. The fourth-order valence-corrected chi connectivity index (χ4v) is 4.91. The highest BCUT2D eigenvalue weighted by atomic mass is 35.5. The van der Waals surface area contributed by atoms with Gasteiger partial charge in [0.2, 0.25) is 0 Å². The van der Waals surface area contributed by atoms with Gasteiger partial charge in [0.15, 0.2) is 11.6 Å². The van der Waals surface area contributed by atoms with Gasteiger partial charge in [-0.05, 0) is 12.1 Å². The van der Waals surface area contributed by atoms with Crippen LogP contribution in [0.15, 0.2) is 70.6 Å². The molecule has 10 heteroatoms. The molecule has 2 aromatic carbocycles. The number of carbonyl (C=O) groups excluding carboxylic acids is 2. The first-order valence-corrected chi connectivity index (χ1v) is 12.4. The van der Waals surface area contributed by atoms with Gasteiger partial charge in [0.25, 0.3) is 0 Å². The van der Waals surface area contributed by atoms with E-state index >= 15 is 0 Å². The average molecular weight is 508 g/mol. The van der Waals surface area contributed by atoms with E-state index in [9.17, 15) is 9.59 Å². The number of halogens is 1. The summed E-state index contributed by atoms with van der Waals surface area (Å²) in [6.45, 7) is 2.97. The van der Waals surface area contributed by atoms with Gasteiger partial charge in [0.1, 0.15) is 5.01 Å². The van der Waals surface area contributed by atoms with Crippen LogP contribution in [0.3, 0.4) is 0 Å². The maximum atomic E-state index is 12.7. The summed E-state index contributed by atoms with van der Waals surface area (Å²) in [4.78, 5) is 33.7. The smallest absolute Gasteiger partial charge is 0.315 e. The van der Waals surface area contributed by atoms with Gasteiger partial charge in [-0.25, -0.2) is 4.98 Å². The maximum absolute atomic E-state index is 12.7. The molecular weight excluding hydrogens is 486 g/mol. The van der Waals surface area contributed by atoms with Crippen LogP contribution >= 0.6 is 22.9 Å². The van der Waals surface area contributed by atoms with Crippen molar-refractivity contribution in [2.45, 2.75) is 6.54 Å². The molecular formula is C25H22ClN5O3S. The number of hydrogen-bond acceptors (Lipinski definition) is 7. The second kappa shape index (κ2) is 10.4. The number of thiazole rings is 1. The highest BCUT2D eigenvalue weighted by Crippen LogP contribution is 2.29. The molecule has 1 aliphatic heterocycles. The SMILES string of the molecule is O=C(Nc1cc(-c2ccccc2Cl)on1)C(=O)N1CCN(Cc2csc(-c3ccccc3)n2)CC1. The molecule has 4 aromatic rings. The summed E-state index contributed by atoms with van der Waals surface area (Å²) in [7, 11) is 0. The molecule has 5 rings (SSSR count). The number of amides is 2. The van der Waals surface area contributed by atoms with Crippen molar-refractivity contribution in [1.29, 1.82) is 0 Å². The number of carbonyl (C=O) groups is 2. The topological polar surface area (TPSA) is 91.6 Å². The minimum atomic E-state index is -0.746. The molecule has 178 valence electrons. The Morgan fingerprint density at radius 3 is 2.54 bits per heavy atom. The van der Waals surface area contributed by atoms with Crippen molar-refractivity contribution in [3.05, 3.63) is 76.8 Å². The summed E-state index contributed by atoms with van der Waals surface area (Å²) in [5.41, 5.74) is 2.77.